The summed E-state index contributed by atoms with van der Waals surface area (Å²) >= 11 is 0. The van der Waals surface area contributed by atoms with Crippen molar-refractivity contribution in [1.82, 2.24) is 68.3 Å². The Bertz CT molecular complexity index is 3840. The first-order valence-electron chi connectivity index (χ1n) is 41.0. The minimum Gasteiger partial charge on any atom is -0.508 e. The molecule has 25 N–H and O–H groups in total. The van der Waals surface area contributed by atoms with Crippen molar-refractivity contribution in [2.24, 2.45) is 51.4 Å². The van der Waals surface area contributed by atoms with Gasteiger partial charge >= 0.3 is 11.9 Å². The van der Waals surface area contributed by atoms with Crippen LogP contribution in [0.4, 0.5) is 0 Å². The SMILES string of the molecule is CC[C@H](C)[C@H](NC(=O)[C@H](Cc1ccc(O)cc1)NC(=O)[C@@H]1CCCN1C(=O)[C@H](CCCN=C(N)N)NC(=O)[C@H](CCCCC(C)N)NC(=O)[C@@H]1CCCN1C(=O)[C@H](CCCCN)NC(=O)[C@H](CC(N)=O)NC(=O)[C@H](CCC(=O)O)NC(=O)[C@H](Cc1ccc(O)cc1)NC(=O)[C@H](CC(C)C)NC(=O)[C@@H]1CCC(=O)N1)C(=O)N[C@@H](CC(C)C)C(=O)O. The number of aliphatic imine (C=N–C) groups is 1. The van der Waals surface area contributed by atoms with Crippen LogP contribution in [-0.2, 0) is 89.6 Å². The number of carbonyl (C=O) groups excluding carboxylic acids is 14. The molecule has 1 unspecified atom stereocenters. The first-order chi connectivity index (χ1) is 56.3. The summed E-state index contributed by atoms with van der Waals surface area (Å²) in [6, 6.07) is -7.24. The fourth-order valence-corrected chi connectivity index (χ4v) is 14.3. The van der Waals surface area contributed by atoms with Gasteiger partial charge < -0.3 is 117 Å². The molecule has 14 amide bonds. The molecule has 15 atom stereocenters. The second-order valence-electron chi connectivity index (χ2n) is 31.9. The topological polar surface area (TPSA) is 635 Å². The fraction of sp³-hybridized carbons (Fsp3) is 0.637. The Morgan fingerprint density at radius 3 is 1.39 bits per heavy atom. The van der Waals surface area contributed by atoms with Gasteiger partial charge in [0.2, 0.25) is 82.7 Å². The maximum Gasteiger partial charge on any atom is 0.326 e. The summed E-state index contributed by atoms with van der Waals surface area (Å²) < 4.78 is 0. The number of amides is 14. The summed E-state index contributed by atoms with van der Waals surface area (Å²) in [5, 5.41) is 68.9. The van der Waals surface area contributed by atoms with Crippen LogP contribution >= 0.6 is 0 Å². The lowest BCUT2D eigenvalue weighted by Gasteiger charge is -2.32. The average molecular weight is 1670 g/mol. The third kappa shape index (κ3) is 33.2. The number of hydrogen-bond donors (Lipinski definition) is 20. The van der Waals surface area contributed by atoms with Crippen LogP contribution in [0.2, 0.25) is 0 Å². The van der Waals surface area contributed by atoms with E-state index in [9.17, 15) is 82.8 Å². The molecule has 3 fully saturated rings. The molecule has 5 rings (SSSR count). The lowest BCUT2D eigenvalue weighted by atomic mass is 9.96. The summed E-state index contributed by atoms with van der Waals surface area (Å²) in [7, 11) is 0. The second kappa shape index (κ2) is 49.2. The molecule has 0 radical (unpaired) electrons. The number of primary amides is 1. The number of carboxylic acid groups (broad SMARTS) is 2. The van der Waals surface area contributed by atoms with Crippen molar-refractivity contribution in [2.45, 2.75) is 281 Å². The van der Waals surface area contributed by atoms with E-state index >= 15 is 14.4 Å². The van der Waals surface area contributed by atoms with Gasteiger partial charge in [-0.1, -0.05) is 85.1 Å². The van der Waals surface area contributed by atoms with E-state index in [1.165, 1.54) is 58.3 Å². The van der Waals surface area contributed by atoms with Gasteiger partial charge in [-0.05, 0) is 163 Å². The molecule has 0 saturated carbocycles. The highest BCUT2D eigenvalue weighted by atomic mass is 16.4. The van der Waals surface area contributed by atoms with Gasteiger partial charge in [-0.15, -0.1) is 0 Å². The maximum atomic E-state index is 15.2. The van der Waals surface area contributed by atoms with Gasteiger partial charge in [0.1, 0.15) is 90.0 Å². The van der Waals surface area contributed by atoms with Crippen molar-refractivity contribution in [3.05, 3.63) is 59.7 Å². The van der Waals surface area contributed by atoms with Crippen molar-refractivity contribution >= 4 is 101 Å². The molecule has 0 spiro atoms. The van der Waals surface area contributed by atoms with E-state index in [2.05, 4.69) is 63.5 Å². The number of hydrogen-bond acceptors (Lipinski definition) is 21. The first kappa shape index (κ1) is 98.3. The minimum atomic E-state index is -1.91. The van der Waals surface area contributed by atoms with Crippen molar-refractivity contribution in [2.75, 3.05) is 26.2 Å². The molecule has 3 aliphatic heterocycles. The van der Waals surface area contributed by atoms with Crippen LogP contribution in [0.15, 0.2) is 53.5 Å². The molecule has 0 aromatic heterocycles. The molecule has 0 aliphatic carbocycles. The van der Waals surface area contributed by atoms with Crippen LogP contribution in [-0.4, -0.2) is 242 Å². The minimum absolute atomic E-state index is 0.000537. The van der Waals surface area contributed by atoms with Crippen LogP contribution in [0.5, 0.6) is 11.5 Å². The summed E-state index contributed by atoms with van der Waals surface area (Å²) in [5.74, 6) is -16.0. The van der Waals surface area contributed by atoms with E-state index in [4.69, 9.17) is 28.7 Å². The second-order valence-corrected chi connectivity index (χ2v) is 31.9. The van der Waals surface area contributed by atoms with E-state index < -0.39 is 192 Å². The van der Waals surface area contributed by atoms with Crippen LogP contribution in [0.1, 0.15) is 194 Å². The number of carboxylic acids is 2. The number of phenolic OH excluding ortho intramolecular Hbond substituents is 2. The Hall–Kier alpha value is -11.3. The van der Waals surface area contributed by atoms with Gasteiger partial charge in [-0.25, -0.2) is 4.79 Å². The van der Waals surface area contributed by atoms with Gasteiger partial charge in [0, 0.05) is 51.4 Å². The number of rotatable bonds is 51. The molecule has 39 heteroatoms. The zero-order valence-electron chi connectivity index (χ0n) is 69.1. The third-order valence-corrected chi connectivity index (χ3v) is 20.9. The largest absolute Gasteiger partial charge is 0.508 e. The Morgan fingerprint density at radius 1 is 0.496 bits per heavy atom. The summed E-state index contributed by atoms with van der Waals surface area (Å²) in [6.45, 7) is 12.5. The Morgan fingerprint density at radius 2 is 0.916 bits per heavy atom. The van der Waals surface area contributed by atoms with Gasteiger partial charge in [0.15, 0.2) is 5.96 Å². The number of unbranched alkanes of at least 4 members (excludes halogenated alkanes) is 2. The molecule has 39 nitrogen and oxygen atoms in total. The molecule has 660 valence electrons. The van der Waals surface area contributed by atoms with Gasteiger partial charge in [0.05, 0.1) is 6.42 Å². The number of carbonyl (C=O) groups is 16. The van der Waals surface area contributed by atoms with Gasteiger partial charge in [-0.3, -0.25) is 76.9 Å². The first-order valence-corrected chi connectivity index (χ1v) is 41.0. The molecular weight excluding hydrogens is 1550 g/mol. The average Bonchev–Trinajstić information content (AvgIpc) is 1.76. The number of phenols is 2. The molecule has 119 heavy (non-hydrogen) atoms. The summed E-state index contributed by atoms with van der Waals surface area (Å²) in [5.41, 5.74) is 29.8. The monoisotopic (exact) mass is 1670 g/mol. The van der Waals surface area contributed by atoms with E-state index in [-0.39, 0.29) is 164 Å². The van der Waals surface area contributed by atoms with Gasteiger partial charge in [0.25, 0.3) is 0 Å². The number of guanidine groups is 1. The smallest absolute Gasteiger partial charge is 0.326 e. The highest BCUT2D eigenvalue weighted by molar-refractivity contribution is 6.01. The summed E-state index contributed by atoms with van der Waals surface area (Å²) in [6.07, 6.45) is 0.296. The number of aromatic hydroxyl groups is 2. The quantitative estimate of drug-likeness (QED) is 0.0194. The number of nitrogens with one attached hydrogen (secondary N) is 11. The predicted molar refractivity (Wildman–Crippen MR) is 435 cm³/mol. The molecule has 2 aromatic carbocycles. The van der Waals surface area contributed by atoms with Crippen LogP contribution in [0.3, 0.4) is 0 Å². The highest BCUT2D eigenvalue weighted by Gasteiger charge is 2.44. The summed E-state index contributed by atoms with van der Waals surface area (Å²) in [4.78, 5) is 230. The van der Waals surface area contributed by atoms with Crippen molar-refractivity contribution in [3.8, 4) is 11.5 Å². The fourth-order valence-electron chi connectivity index (χ4n) is 14.3. The van der Waals surface area contributed by atoms with Crippen molar-refractivity contribution < 1.29 is 97.1 Å². The predicted octanol–water partition coefficient (Wildman–Crippen LogP) is -1.96. The van der Waals surface area contributed by atoms with Crippen LogP contribution in [0.25, 0.3) is 0 Å². The number of benzene rings is 2. The van der Waals surface area contributed by atoms with Crippen LogP contribution in [0, 0.1) is 17.8 Å². The van der Waals surface area contributed by atoms with E-state index in [0.717, 1.165) is 0 Å². The van der Waals surface area contributed by atoms with E-state index in [1.54, 1.807) is 48.5 Å². The number of likely N-dealkylation sites (tertiary alicyclic amines) is 2. The number of nitrogens with two attached hydrogens (primary N) is 5. The molecule has 3 saturated heterocycles. The molecule has 2 aromatic rings. The molecular formula is C80H125N19O20. The zero-order valence-corrected chi connectivity index (χ0v) is 69.1. The molecule has 3 heterocycles. The maximum absolute atomic E-state index is 15.2. The Kier molecular flexibility index (Phi) is 40.7. The van der Waals surface area contributed by atoms with Crippen molar-refractivity contribution in [1.29, 1.82) is 0 Å². The molecule has 0 bridgehead atoms. The standard InChI is InChI=1S/C80H125N19O20/c1-8-45(6)66(76(115)96-60(79(118)119)39-44(4)5)97-73(112)58(41-48-24-28-50(101)29-25-48)95-75(114)62-21-15-37-99(62)78(117)55(19-13-35-86-80(84)85)90-67(106)51(17-10-9-16-46(7)82)89-74(113)61-20-14-36-98(61)77(116)54(18-11-12-34-81)91-72(111)59(42-63(83)102)94-69(108)53(31-33-65(104)105)88-71(110)57(40-47-22-26-49(100)27-23-47)93-70(109)56(38-43(2)3)92-68(107)52-30-32-64(103)87-52/h22-29,43-46,51-62,66,100-101H,8-21,30-42,81-82H2,1-7H3,(H2,83,102)(H,87,103)(H,88,110)(H,89,113)(H,90,106)(H,91,111)(H,92,107)(H,93,109)(H,94,108)(H,95,114)(H,96,115)(H,97,112)(H,104,105)(H,118,119)(H4,84,85,86)/t45-,46?,51-,52-,53-,54-,55-,56-,57-,58-,59-,60-,61-,62-,66-/m0/s1. The van der Waals surface area contributed by atoms with Crippen molar-refractivity contribution in [3.63, 3.8) is 0 Å². The number of aliphatic carboxylic acids is 2. The van der Waals surface area contributed by atoms with Crippen LogP contribution < -0.4 is 87.2 Å². The Labute approximate surface area is 692 Å². The highest BCUT2D eigenvalue weighted by Crippen LogP contribution is 2.25. The van der Waals surface area contributed by atoms with Gasteiger partial charge in [-0.2, -0.15) is 0 Å². The van der Waals surface area contributed by atoms with E-state index in [0.29, 0.717) is 43.2 Å². The lowest BCUT2D eigenvalue weighted by molar-refractivity contribution is -0.144. The normalized spacial score (nSPS) is 18.1. The number of nitrogens with zero attached hydrogens (tertiary/aromatic N) is 3. The molecule has 3 aliphatic rings. The zero-order chi connectivity index (χ0) is 88.3. The van der Waals surface area contributed by atoms with E-state index in [1.807, 2.05) is 0 Å². The Balaban J connectivity index is 1.41. The third-order valence-electron chi connectivity index (χ3n) is 20.9. The lowest BCUT2D eigenvalue weighted by Crippen LogP contribution is -2.61.